The number of aromatic amines is 1. The number of para-hydroxylation sites is 2. The van der Waals surface area contributed by atoms with Crippen molar-refractivity contribution in [2.24, 2.45) is 0 Å². The van der Waals surface area contributed by atoms with Crippen LogP contribution in [0.4, 0.5) is 0 Å². The highest BCUT2D eigenvalue weighted by Gasteiger charge is 2.21. The standard InChI is InChI=1S/C18H13N5S/c1-11-22-23-16(17-19-13-9-5-6-10-14(13)20-17)15(21-18(23)24-11)12-7-3-2-4-8-12/h2-10H,1H3,(H,19,20). The second kappa shape index (κ2) is 5.01. The minimum atomic E-state index is 0.785. The van der Waals surface area contributed by atoms with Gasteiger partial charge in [-0.05, 0) is 19.1 Å². The van der Waals surface area contributed by atoms with Gasteiger partial charge in [-0.25, -0.2) is 9.97 Å². The van der Waals surface area contributed by atoms with E-state index in [0.717, 1.165) is 43.8 Å². The molecule has 0 saturated heterocycles. The van der Waals surface area contributed by atoms with Crippen LogP contribution in [0.15, 0.2) is 54.6 Å². The zero-order chi connectivity index (χ0) is 16.1. The molecule has 0 saturated carbocycles. The van der Waals surface area contributed by atoms with Gasteiger partial charge in [0.15, 0.2) is 5.82 Å². The van der Waals surface area contributed by atoms with Crippen molar-refractivity contribution in [3.05, 3.63) is 59.6 Å². The van der Waals surface area contributed by atoms with E-state index in [2.05, 4.69) is 22.2 Å². The third-order valence-electron chi connectivity index (χ3n) is 3.97. The van der Waals surface area contributed by atoms with E-state index in [1.165, 1.54) is 0 Å². The first-order valence-corrected chi connectivity index (χ1v) is 8.48. The summed E-state index contributed by atoms with van der Waals surface area (Å²) in [7, 11) is 0. The Morgan fingerprint density at radius 2 is 1.75 bits per heavy atom. The van der Waals surface area contributed by atoms with Crippen LogP contribution in [0.3, 0.4) is 0 Å². The highest BCUT2D eigenvalue weighted by Crippen LogP contribution is 2.33. The maximum Gasteiger partial charge on any atom is 0.213 e. The van der Waals surface area contributed by atoms with Crippen molar-refractivity contribution in [2.45, 2.75) is 6.92 Å². The van der Waals surface area contributed by atoms with E-state index >= 15 is 0 Å². The molecule has 3 aromatic heterocycles. The molecular weight excluding hydrogens is 318 g/mol. The van der Waals surface area contributed by atoms with Crippen LogP contribution in [0, 0.1) is 6.92 Å². The van der Waals surface area contributed by atoms with Gasteiger partial charge in [-0.2, -0.15) is 9.61 Å². The highest BCUT2D eigenvalue weighted by molar-refractivity contribution is 7.16. The molecular formula is C18H13N5S. The van der Waals surface area contributed by atoms with E-state index in [4.69, 9.17) is 9.97 Å². The Kier molecular flexibility index (Phi) is 2.80. The SMILES string of the molecule is Cc1nn2c(-c3nc4ccccc4[nH]3)c(-c3ccccc3)nc2s1. The molecule has 2 aromatic carbocycles. The van der Waals surface area contributed by atoms with Crippen LogP contribution in [0.1, 0.15) is 5.01 Å². The molecule has 3 heterocycles. The van der Waals surface area contributed by atoms with E-state index in [0.29, 0.717) is 0 Å². The monoisotopic (exact) mass is 331 g/mol. The first-order chi connectivity index (χ1) is 11.8. The van der Waals surface area contributed by atoms with Crippen molar-refractivity contribution >= 4 is 27.3 Å². The molecule has 0 spiro atoms. The van der Waals surface area contributed by atoms with Gasteiger partial charge in [-0.3, -0.25) is 0 Å². The fourth-order valence-corrected chi connectivity index (χ4v) is 3.66. The number of aromatic nitrogens is 5. The Morgan fingerprint density at radius 3 is 2.58 bits per heavy atom. The summed E-state index contributed by atoms with van der Waals surface area (Å²) < 4.78 is 1.89. The average Bonchev–Trinajstić information content (AvgIpc) is 3.26. The second-order valence-corrected chi connectivity index (χ2v) is 6.75. The Morgan fingerprint density at radius 1 is 0.958 bits per heavy atom. The minimum Gasteiger partial charge on any atom is -0.337 e. The van der Waals surface area contributed by atoms with Gasteiger partial charge in [-0.1, -0.05) is 53.8 Å². The molecule has 0 bridgehead atoms. The van der Waals surface area contributed by atoms with Crippen molar-refractivity contribution in [2.75, 3.05) is 0 Å². The van der Waals surface area contributed by atoms with Crippen molar-refractivity contribution in [1.82, 2.24) is 24.6 Å². The smallest absolute Gasteiger partial charge is 0.213 e. The summed E-state index contributed by atoms with van der Waals surface area (Å²) in [6.07, 6.45) is 0. The first-order valence-electron chi connectivity index (χ1n) is 7.66. The summed E-state index contributed by atoms with van der Waals surface area (Å²) in [4.78, 5) is 13.8. The van der Waals surface area contributed by atoms with Crippen molar-refractivity contribution in [3.8, 4) is 22.8 Å². The molecule has 6 heteroatoms. The van der Waals surface area contributed by atoms with Crippen LogP contribution in [0.25, 0.3) is 38.8 Å². The van der Waals surface area contributed by atoms with Gasteiger partial charge in [0.1, 0.15) is 16.4 Å². The van der Waals surface area contributed by atoms with E-state index in [-0.39, 0.29) is 0 Å². The van der Waals surface area contributed by atoms with Crippen LogP contribution in [0.2, 0.25) is 0 Å². The van der Waals surface area contributed by atoms with E-state index < -0.39 is 0 Å². The molecule has 0 amide bonds. The Hall–Kier alpha value is -2.99. The highest BCUT2D eigenvalue weighted by atomic mass is 32.1. The molecule has 0 aliphatic carbocycles. The van der Waals surface area contributed by atoms with Crippen molar-refractivity contribution in [3.63, 3.8) is 0 Å². The number of nitrogens with one attached hydrogen (secondary N) is 1. The van der Waals surface area contributed by atoms with Gasteiger partial charge in [0, 0.05) is 5.56 Å². The summed E-state index contributed by atoms with van der Waals surface area (Å²) in [6.45, 7) is 1.99. The average molecular weight is 331 g/mol. The van der Waals surface area contributed by atoms with Gasteiger partial charge in [0.25, 0.3) is 0 Å². The number of hydrogen-bond donors (Lipinski definition) is 1. The van der Waals surface area contributed by atoms with E-state index in [9.17, 15) is 0 Å². The Balaban J connectivity index is 1.84. The molecule has 1 N–H and O–H groups in total. The molecule has 116 valence electrons. The predicted octanol–water partition coefficient (Wildman–Crippen LogP) is 4.31. The number of rotatable bonds is 2. The number of H-pyrrole nitrogens is 1. The third kappa shape index (κ3) is 1.97. The lowest BCUT2D eigenvalue weighted by Gasteiger charge is -2.00. The molecule has 0 aliphatic heterocycles. The van der Waals surface area contributed by atoms with Crippen molar-refractivity contribution < 1.29 is 0 Å². The predicted molar refractivity (Wildman–Crippen MR) is 96.1 cm³/mol. The minimum absolute atomic E-state index is 0.785. The lowest BCUT2D eigenvalue weighted by Crippen LogP contribution is -1.93. The number of benzene rings is 2. The summed E-state index contributed by atoms with van der Waals surface area (Å²) in [5.74, 6) is 0.785. The number of nitrogens with zero attached hydrogens (tertiary/aromatic N) is 4. The number of imidazole rings is 2. The van der Waals surface area contributed by atoms with E-state index in [1.807, 2.05) is 53.9 Å². The van der Waals surface area contributed by atoms with Gasteiger partial charge < -0.3 is 4.98 Å². The lowest BCUT2D eigenvalue weighted by molar-refractivity contribution is 0.945. The van der Waals surface area contributed by atoms with Crippen LogP contribution in [0.5, 0.6) is 0 Å². The molecule has 0 fully saturated rings. The van der Waals surface area contributed by atoms with Gasteiger partial charge >= 0.3 is 0 Å². The van der Waals surface area contributed by atoms with Crippen molar-refractivity contribution in [1.29, 1.82) is 0 Å². The molecule has 0 atom stereocenters. The summed E-state index contributed by atoms with van der Waals surface area (Å²) in [5, 5.41) is 5.60. The molecule has 5 rings (SSSR count). The maximum absolute atomic E-state index is 4.81. The molecule has 0 radical (unpaired) electrons. The fourth-order valence-electron chi connectivity index (χ4n) is 2.92. The van der Waals surface area contributed by atoms with E-state index in [1.54, 1.807) is 11.3 Å². The molecule has 0 unspecified atom stereocenters. The lowest BCUT2D eigenvalue weighted by atomic mass is 10.1. The second-order valence-electron chi connectivity index (χ2n) is 5.59. The molecule has 5 aromatic rings. The van der Waals surface area contributed by atoms with Gasteiger partial charge in [-0.15, -0.1) is 0 Å². The zero-order valence-corrected chi connectivity index (χ0v) is 13.7. The van der Waals surface area contributed by atoms with Gasteiger partial charge in [0.05, 0.1) is 11.0 Å². The largest absolute Gasteiger partial charge is 0.337 e. The topological polar surface area (TPSA) is 58.9 Å². The summed E-state index contributed by atoms with van der Waals surface area (Å²) in [5.41, 5.74) is 4.80. The zero-order valence-electron chi connectivity index (χ0n) is 12.9. The molecule has 24 heavy (non-hydrogen) atoms. The fraction of sp³-hybridized carbons (Fsp3) is 0.0556. The van der Waals surface area contributed by atoms with Crippen LogP contribution < -0.4 is 0 Å². The summed E-state index contributed by atoms with van der Waals surface area (Å²) in [6, 6.07) is 18.2. The van der Waals surface area contributed by atoms with Crippen LogP contribution in [-0.4, -0.2) is 24.6 Å². The number of aryl methyl sites for hydroxylation is 1. The van der Waals surface area contributed by atoms with Gasteiger partial charge in [0.2, 0.25) is 4.96 Å². The maximum atomic E-state index is 4.81. The molecule has 0 aliphatic rings. The third-order valence-corrected chi connectivity index (χ3v) is 4.79. The first kappa shape index (κ1) is 13.4. The Bertz CT molecular complexity index is 1130. The normalized spacial score (nSPS) is 11.5. The van der Waals surface area contributed by atoms with Crippen LogP contribution >= 0.6 is 11.3 Å². The number of fused-ring (bicyclic) bond motifs is 2. The molecule has 5 nitrogen and oxygen atoms in total. The van der Waals surface area contributed by atoms with Crippen LogP contribution in [-0.2, 0) is 0 Å². The summed E-state index contributed by atoms with van der Waals surface area (Å²) >= 11 is 1.58. The quantitative estimate of drug-likeness (QED) is 0.524. The number of hydrogen-bond acceptors (Lipinski definition) is 4. The Labute approximate surface area is 141 Å².